The van der Waals surface area contributed by atoms with Gasteiger partial charge in [-0.15, -0.1) is 0 Å². The second kappa shape index (κ2) is 3.92. The molecule has 0 N–H and O–H groups in total. The Kier molecular flexibility index (Phi) is 3.10. The molecule has 0 spiro atoms. The van der Waals surface area contributed by atoms with Crippen molar-refractivity contribution in [2.75, 3.05) is 0 Å². The van der Waals surface area contributed by atoms with Crippen molar-refractivity contribution in [3.8, 4) is 0 Å². The van der Waals surface area contributed by atoms with Gasteiger partial charge in [-0.2, -0.15) is 0 Å². The molecule has 1 saturated carbocycles. The first-order valence-corrected chi connectivity index (χ1v) is 4.13. The molecule has 0 aromatic heterocycles. The predicted octanol–water partition coefficient (Wildman–Crippen LogP) is 3.06. The van der Waals surface area contributed by atoms with Gasteiger partial charge >= 0.3 is 0 Å². The topological polar surface area (TPSA) is 0 Å². The Morgan fingerprint density at radius 1 is 1.11 bits per heavy atom. The van der Waals surface area contributed by atoms with Gasteiger partial charge in [0.15, 0.2) is 0 Å². The molecule has 0 aromatic rings. The van der Waals surface area contributed by atoms with Crippen LogP contribution < -0.4 is 0 Å². The van der Waals surface area contributed by atoms with Crippen molar-refractivity contribution in [3.05, 3.63) is 6.92 Å². The molecule has 0 aliphatic heterocycles. The van der Waals surface area contributed by atoms with Crippen LogP contribution in [-0.4, -0.2) is 0 Å². The highest BCUT2D eigenvalue weighted by atomic mass is 14.2. The van der Waals surface area contributed by atoms with Crippen LogP contribution in [0.15, 0.2) is 0 Å². The fourth-order valence-electron chi connectivity index (χ4n) is 1.71. The van der Waals surface area contributed by atoms with Crippen LogP contribution in [0.1, 0.15) is 44.9 Å². The zero-order chi connectivity index (χ0) is 6.53. The zero-order valence-corrected chi connectivity index (χ0v) is 6.10. The Balaban J connectivity index is 2.08. The monoisotopic (exact) mass is 124 g/mol. The van der Waals surface area contributed by atoms with Gasteiger partial charge in [0.25, 0.3) is 0 Å². The Labute approximate surface area is 58.7 Å². The van der Waals surface area contributed by atoms with E-state index in [1.165, 1.54) is 38.5 Å². The second-order valence-corrected chi connectivity index (χ2v) is 3.08. The first-order valence-electron chi connectivity index (χ1n) is 4.13. The van der Waals surface area contributed by atoms with E-state index in [2.05, 4.69) is 0 Å². The van der Waals surface area contributed by atoms with E-state index < -0.39 is 0 Å². The quantitative estimate of drug-likeness (QED) is 0.530. The third-order valence-corrected chi connectivity index (χ3v) is 2.30. The summed E-state index contributed by atoms with van der Waals surface area (Å²) in [6, 6.07) is 0. The lowest BCUT2D eigenvalue weighted by Gasteiger charge is -2.20. The lowest BCUT2D eigenvalue weighted by atomic mass is 9.86. The van der Waals surface area contributed by atoms with E-state index in [9.17, 15) is 0 Å². The van der Waals surface area contributed by atoms with Crippen LogP contribution >= 0.6 is 0 Å². The maximum atomic E-state index is 5.46. The average Bonchev–Trinajstić information content (AvgIpc) is 1.91. The van der Waals surface area contributed by atoms with E-state index in [1.807, 2.05) is 0 Å². The van der Waals surface area contributed by atoms with Crippen molar-refractivity contribution < 1.29 is 0 Å². The molecule has 0 nitrogen and oxygen atoms in total. The highest BCUT2D eigenvalue weighted by molar-refractivity contribution is 4.65. The summed E-state index contributed by atoms with van der Waals surface area (Å²) in [6.07, 6.45) is 9.40. The summed E-state index contributed by atoms with van der Waals surface area (Å²) in [5.74, 6) is 0.976. The summed E-state index contributed by atoms with van der Waals surface area (Å²) >= 11 is 0. The van der Waals surface area contributed by atoms with Crippen LogP contribution in [0, 0.1) is 12.8 Å². The average molecular weight is 124 g/mol. The second-order valence-electron chi connectivity index (χ2n) is 3.08. The molecule has 0 bridgehead atoms. The summed E-state index contributed by atoms with van der Waals surface area (Å²) in [5, 5.41) is 0. The highest BCUT2D eigenvalue weighted by Gasteiger charge is 2.11. The normalized spacial score (nSPS) is 22.3. The van der Waals surface area contributed by atoms with Gasteiger partial charge in [0.1, 0.15) is 0 Å². The Morgan fingerprint density at radius 2 is 1.78 bits per heavy atom. The van der Waals surface area contributed by atoms with Crippen LogP contribution in [-0.2, 0) is 0 Å². The summed E-state index contributed by atoms with van der Waals surface area (Å²) in [6.45, 7) is 5.46. The van der Waals surface area contributed by atoms with Gasteiger partial charge in [-0.25, -0.2) is 0 Å². The summed E-state index contributed by atoms with van der Waals surface area (Å²) in [5.41, 5.74) is 0. The maximum absolute atomic E-state index is 5.46. The van der Waals surface area contributed by atoms with Crippen molar-refractivity contribution in [1.82, 2.24) is 0 Å². The highest BCUT2D eigenvalue weighted by Crippen LogP contribution is 2.26. The molecule has 0 saturated heterocycles. The minimum absolute atomic E-state index is 0.894. The Morgan fingerprint density at radius 3 is 2.33 bits per heavy atom. The maximum Gasteiger partial charge on any atom is -0.0352 e. The molecule has 52 valence electrons. The van der Waals surface area contributed by atoms with Gasteiger partial charge in [-0.3, -0.25) is 0 Å². The number of rotatable bonds is 2. The SMILES string of the molecule is [CH]CCC1CCCCC1. The molecule has 1 aliphatic rings. The third kappa shape index (κ3) is 2.38. The lowest BCUT2D eigenvalue weighted by Crippen LogP contribution is -2.04. The molecule has 2 radical (unpaired) electrons. The van der Waals surface area contributed by atoms with Gasteiger partial charge in [-0.1, -0.05) is 38.5 Å². The van der Waals surface area contributed by atoms with Crippen LogP contribution in [0.25, 0.3) is 0 Å². The molecule has 0 heterocycles. The standard InChI is InChI=1S/C9H16/c1-2-6-9-7-4-3-5-8-9/h1,9H,2-8H2. The molecular weight excluding hydrogens is 108 g/mol. The van der Waals surface area contributed by atoms with Crippen LogP contribution in [0.3, 0.4) is 0 Å². The molecule has 9 heavy (non-hydrogen) atoms. The Hall–Kier alpha value is 0. The van der Waals surface area contributed by atoms with E-state index in [0.29, 0.717) is 0 Å². The van der Waals surface area contributed by atoms with Crippen LogP contribution in [0.2, 0.25) is 0 Å². The molecule has 1 fully saturated rings. The molecule has 1 aliphatic carbocycles. The van der Waals surface area contributed by atoms with Gasteiger partial charge in [0, 0.05) is 0 Å². The van der Waals surface area contributed by atoms with Gasteiger partial charge in [-0.05, 0) is 19.3 Å². The predicted molar refractivity (Wildman–Crippen MR) is 40.1 cm³/mol. The smallest absolute Gasteiger partial charge is 0.0352 e. The van der Waals surface area contributed by atoms with Crippen molar-refractivity contribution in [2.45, 2.75) is 44.9 Å². The van der Waals surface area contributed by atoms with E-state index in [-0.39, 0.29) is 0 Å². The number of hydrogen-bond donors (Lipinski definition) is 0. The molecule has 0 atom stereocenters. The number of hydrogen-bond acceptors (Lipinski definition) is 0. The minimum atomic E-state index is 0.894. The summed E-state index contributed by atoms with van der Waals surface area (Å²) < 4.78 is 0. The van der Waals surface area contributed by atoms with E-state index in [0.717, 1.165) is 12.3 Å². The largest absolute Gasteiger partial charge is 0.0533 e. The fraction of sp³-hybridized carbons (Fsp3) is 0.889. The van der Waals surface area contributed by atoms with Crippen molar-refractivity contribution in [1.29, 1.82) is 0 Å². The molecule has 0 heteroatoms. The van der Waals surface area contributed by atoms with E-state index >= 15 is 0 Å². The van der Waals surface area contributed by atoms with Crippen LogP contribution in [0.4, 0.5) is 0 Å². The first kappa shape index (κ1) is 7.11. The molecule has 0 amide bonds. The Bertz CT molecular complexity index is 57.7. The lowest BCUT2D eigenvalue weighted by molar-refractivity contribution is 0.340. The first-order chi connectivity index (χ1) is 4.43. The van der Waals surface area contributed by atoms with E-state index in [1.54, 1.807) is 0 Å². The fourth-order valence-corrected chi connectivity index (χ4v) is 1.71. The molecular formula is C9H16. The molecule has 0 aromatic carbocycles. The molecule has 0 unspecified atom stereocenters. The van der Waals surface area contributed by atoms with E-state index in [4.69, 9.17) is 6.92 Å². The van der Waals surface area contributed by atoms with Gasteiger partial charge < -0.3 is 0 Å². The summed E-state index contributed by atoms with van der Waals surface area (Å²) in [4.78, 5) is 0. The molecule has 1 rings (SSSR count). The van der Waals surface area contributed by atoms with Crippen molar-refractivity contribution >= 4 is 0 Å². The third-order valence-electron chi connectivity index (χ3n) is 2.30. The van der Waals surface area contributed by atoms with Gasteiger partial charge in [0.2, 0.25) is 0 Å². The van der Waals surface area contributed by atoms with Gasteiger partial charge in [0.05, 0.1) is 0 Å². The van der Waals surface area contributed by atoms with Crippen LogP contribution in [0.5, 0.6) is 0 Å². The van der Waals surface area contributed by atoms with Crippen molar-refractivity contribution in [2.24, 2.45) is 5.92 Å². The summed E-state index contributed by atoms with van der Waals surface area (Å²) in [7, 11) is 0. The zero-order valence-electron chi connectivity index (χ0n) is 6.10. The van der Waals surface area contributed by atoms with Crippen molar-refractivity contribution in [3.63, 3.8) is 0 Å². The minimum Gasteiger partial charge on any atom is -0.0533 e.